The van der Waals surface area contributed by atoms with Crippen LogP contribution in [0.5, 0.6) is 0 Å². The number of nitrogens with zero attached hydrogens (tertiary/aromatic N) is 4. The highest BCUT2D eigenvalue weighted by molar-refractivity contribution is 8.13. The maximum absolute atomic E-state index is 12.8. The van der Waals surface area contributed by atoms with Gasteiger partial charge in [-0.15, -0.1) is 0 Å². The number of morpholine rings is 1. The summed E-state index contributed by atoms with van der Waals surface area (Å²) in [7, 11) is 0. The highest BCUT2D eigenvalue weighted by Gasteiger charge is 2.19. The van der Waals surface area contributed by atoms with Crippen LogP contribution >= 0.6 is 23.3 Å². The molecule has 0 N–H and O–H groups in total. The molecule has 3 aromatic rings. The summed E-state index contributed by atoms with van der Waals surface area (Å²) in [4.78, 5) is 24.4. The minimum absolute atomic E-state index is 0.0151. The molecule has 160 valence electrons. The summed E-state index contributed by atoms with van der Waals surface area (Å²) >= 11 is 2.91. The Hall–Kier alpha value is -2.55. The smallest absolute Gasteiger partial charge is 0.231 e. The number of ketones is 1. The monoisotopic (exact) mass is 452 g/mol. The van der Waals surface area contributed by atoms with E-state index in [1.165, 1.54) is 11.5 Å². The van der Waals surface area contributed by atoms with Gasteiger partial charge in [-0.3, -0.25) is 4.79 Å². The maximum Gasteiger partial charge on any atom is 0.231 e. The highest BCUT2D eigenvalue weighted by Crippen LogP contribution is 2.28. The molecule has 1 unspecified atom stereocenters. The van der Waals surface area contributed by atoms with Gasteiger partial charge in [0.2, 0.25) is 5.13 Å². The van der Waals surface area contributed by atoms with Crippen LogP contribution in [0.1, 0.15) is 40.2 Å². The Labute approximate surface area is 190 Å². The number of hydrogen-bond donors (Lipinski definition) is 0. The van der Waals surface area contributed by atoms with Gasteiger partial charge in [0.1, 0.15) is 0 Å². The van der Waals surface area contributed by atoms with E-state index in [0.29, 0.717) is 16.3 Å². The quantitative estimate of drug-likeness (QED) is 0.320. The maximum atomic E-state index is 12.8. The van der Waals surface area contributed by atoms with E-state index in [9.17, 15) is 4.79 Å². The van der Waals surface area contributed by atoms with Crippen LogP contribution in [0.25, 0.3) is 0 Å². The predicted molar refractivity (Wildman–Crippen MR) is 127 cm³/mol. The van der Waals surface area contributed by atoms with Crippen molar-refractivity contribution >= 4 is 39.4 Å². The summed E-state index contributed by atoms with van der Waals surface area (Å²) in [5.41, 5.74) is 2.36. The van der Waals surface area contributed by atoms with Crippen molar-refractivity contribution in [1.29, 1.82) is 0 Å². The van der Waals surface area contributed by atoms with E-state index in [-0.39, 0.29) is 11.7 Å². The van der Waals surface area contributed by atoms with E-state index in [4.69, 9.17) is 9.73 Å². The zero-order valence-electron chi connectivity index (χ0n) is 17.5. The lowest BCUT2D eigenvalue weighted by Gasteiger charge is -2.28. The van der Waals surface area contributed by atoms with Gasteiger partial charge in [0, 0.05) is 41.7 Å². The van der Waals surface area contributed by atoms with E-state index in [2.05, 4.69) is 21.2 Å². The minimum atomic E-state index is -0.0372. The molecular weight excluding hydrogens is 428 g/mol. The van der Waals surface area contributed by atoms with Crippen molar-refractivity contribution in [1.82, 2.24) is 14.3 Å². The van der Waals surface area contributed by atoms with Crippen molar-refractivity contribution in [2.45, 2.75) is 12.8 Å². The summed E-state index contributed by atoms with van der Waals surface area (Å²) in [6.07, 6.45) is 2.02. The van der Waals surface area contributed by atoms with Crippen LogP contribution in [0.2, 0.25) is 0 Å². The second-order valence-corrected chi connectivity index (χ2v) is 8.68. The fraction of sp³-hybridized carbons (Fsp3) is 0.304. The van der Waals surface area contributed by atoms with Gasteiger partial charge in [-0.1, -0.05) is 67.2 Å². The van der Waals surface area contributed by atoms with Crippen LogP contribution in [-0.4, -0.2) is 57.8 Å². The molecule has 4 rings (SSSR count). The topological polar surface area (TPSA) is 67.7 Å². The zero-order valence-corrected chi connectivity index (χ0v) is 19.2. The molecule has 1 aliphatic rings. The van der Waals surface area contributed by atoms with Gasteiger partial charge in [-0.2, -0.15) is 9.37 Å². The number of amidine groups is 1. The van der Waals surface area contributed by atoms with Crippen molar-refractivity contribution in [2.24, 2.45) is 4.99 Å². The number of hydrogen-bond acceptors (Lipinski definition) is 7. The molecule has 0 bridgehead atoms. The lowest BCUT2D eigenvalue weighted by molar-refractivity contribution is 0.0694. The highest BCUT2D eigenvalue weighted by atomic mass is 32.2. The number of thioether (sulfide) groups is 1. The van der Waals surface area contributed by atoms with Gasteiger partial charge >= 0.3 is 0 Å². The predicted octanol–water partition coefficient (Wildman–Crippen LogP) is 4.60. The van der Waals surface area contributed by atoms with Gasteiger partial charge in [-0.25, -0.2) is 4.98 Å². The van der Waals surface area contributed by atoms with Gasteiger partial charge in [0.25, 0.3) is 0 Å². The number of aromatic nitrogens is 2. The lowest BCUT2D eigenvalue weighted by atomic mass is 9.95. The van der Waals surface area contributed by atoms with E-state index in [1.54, 1.807) is 11.8 Å². The molecule has 1 aliphatic heterocycles. The average molecular weight is 453 g/mol. The van der Waals surface area contributed by atoms with E-state index >= 15 is 0 Å². The van der Waals surface area contributed by atoms with Crippen LogP contribution in [-0.2, 0) is 4.74 Å². The first-order chi connectivity index (χ1) is 15.2. The fourth-order valence-electron chi connectivity index (χ4n) is 3.38. The molecule has 2 aromatic carbocycles. The Bertz CT molecular complexity index is 1060. The summed E-state index contributed by atoms with van der Waals surface area (Å²) in [6.45, 7) is 5.17. The number of ether oxygens (including phenoxy) is 1. The van der Waals surface area contributed by atoms with Crippen LogP contribution in [0, 0.1) is 0 Å². The number of benzene rings is 2. The minimum Gasteiger partial charge on any atom is -0.378 e. The summed E-state index contributed by atoms with van der Waals surface area (Å²) < 4.78 is 9.97. The molecule has 1 saturated heterocycles. The first-order valence-corrected chi connectivity index (χ1v) is 12.1. The molecule has 8 heteroatoms. The zero-order chi connectivity index (χ0) is 21.6. The van der Waals surface area contributed by atoms with Gasteiger partial charge in [0.15, 0.2) is 16.8 Å². The van der Waals surface area contributed by atoms with Gasteiger partial charge in [-0.05, 0) is 17.9 Å². The molecule has 31 heavy (non-hydrogen) atoms. The second kappa shape index (κ2) is 10.2. The van der Waals surface area contributed by atoms with Crippen molar-refractivity contribution in [3.63, 3.8) is 0 Å². The lowest BCUT2D eigenvalue weighted by Crippen LogP contribution is -2.39. The molecule has 0 amide bonds. The third kappa shape index (κ3) is 5.20. The normalized spacial score (nSPS) is 15.7. The van der Waals surface area contributed by atoms with Gasteiger partial charge < -0.3 is 9.64 Å². The van der Waals surface area contributed by atoms with Crippen molar-refractivity contribution in [3.8, 4) is 0 Å². The Morgan fingerprint density at radius 1 is 1.13 bits per heavy atom. The average Bonchev–Trinajstić information content (AvgIpc) is 3.31. The molecule has 1 aromatic heterocycles. The largest absolute Gasteiger partial charge is 0.378 e. The van der Waals surface area contributed by atoms with E-state index < -0.39 is 0 Å². The molecule has 1 atom stereocenters. The second-order valence-electron chi connectivity index (χ2n) is 7.18. The Balaban J connectivity index is 1.53. The third-order valence-corrected chi connectivity index (χ3v) is 6.50. The number of aliphatic imine (C=N–C) groups is 1. The van der Waals surface area contributed by atoms with Crippen LogP contribution in [0.3, 0.4) is 0 Å². The molecular formula is C23H24N4O2S2. The molecule has 0 saturated carbocycles. The molecule has 1 fully saturated rings. The summed E-state index contributed by atoms with van der Waals surface area (Å²) in [5, 5.41) is 1.59. The van der Waals surface area contributed by atoms with Gasteiger partial charge in [0.05, 0.1) is 13.2 Å². The summed E-state index contributed by atoms with van der Waals surface area (Å²) in [5.74, 6) is 0.696. The Kier molecular flexibility index (Phi) is 7.11. The van der Waals surface area contributed by atoms with Crippen molar-refractivity contribution in [3.05, 3.63) is 77.1 Å². The van der Waals surface area contributed by atoms with Crippen molar-refractivity contribution in [2.75, 3.05) is 32.6 Å². The standard InChI is InChI=1S/C23H24N4O2S2/c1-16(18-9-6-10-19(15-18)20(28)17-7-4-3-5-8-17)21-24-22(31-26-21)25-23(30-2)27-11-13-29-14-12-27/h3-10,15-16H,11-14H2,1-2H3. The van der Waals surface area contributed by atoms with Crippen LogP contribution in [0.15, 0.2) is 59.6 Å². The molecule has 0 radical (unpaired) electrons. The first-order valence-electron chi connectivity index (χ1n) is 10.1. The Morgan fingerprint density at radius 3 is 2.61 bits per heavy atom. The number of rotatable bonds is 5. The fourth-order valence-corrected chi connectivity index (χ4v) is 4.70. The molecule has 6 nitrogen and oxygen atoms in total. The van der Waals surface area contributed by atoms with Crippen LogP contribution < -0.4 is 0 Å². The molecule has 0 spiro atoms. The number of carbonyl (C=O) groups excluding carboxylic acids is 1. The van der Waals surface area contributed by atoms with Crippen LogP contribution in [0.4, 0.5) is 5.13 Å². The van der Waals surface area contributed by atoms with Crippen molar-refractivity contribution < 1.29 is 9.53 Å². The number of carbonyl (C=O) groups is 1. The molecule has 0 aliphatic carbocycles. The Morgan fingerprint density at radius 2 is 1.87 bits per heavy atom. The first kappa shape index (κ1) is 21.7. The SMILES string of the molecule is CSC(=Nc1nc(C(C)c2cccc(C(=O)c3ccccc3)c2)ns1)N1CCOCC1. The molecule has 2 heterocycles. The third-order valence-electron chi connectivity index (χ3n) is 5.16. The van der Waals surface area contributed by atoms with E-state index in [0.717, 1.165) is 42.9 Å². The van der Waals surface area contributed by atoms with E-state index in [1.807, 2.05) is 60.9 Å². The summed E-state index contributed by atoms with van der Waals surface area (Å²) in [6, 6.07) is 17.0.